The van der Waals surface area contributed by atoms with E-state index in [2.05, 4.69) is 29.4 Å². The molecule has 0 bridgehead atoms. The number of anilines is 2. The standard InChI is InChI=1S/C36H57N3O7/c1-24(2)36(46-16-10-15-43-3)27-13-9-14-39(23-27)33-32(34(41)35(33)42)38-30(19-25-11-7-6-8-12-25)31(40)22-37-21-26-17-28(44-4)20-29(18-26)45-5/h17-18,20,24-25,27,30-31,36-38,40H,6-16,19,21-23H2,1-5H3/t27-,30+,31-,36+/m1/s1. The lowest BCUT2D eigenvalue weighted by atomic mass is 9.83. The Kier molecular flexibility index (Phi) is 14.2. The second-order valence-electron chi connectivity index (χ2n) is 13.6. The highest BCUT2D eigenvalue weighted by Crippen LogP contribution is 2.33. The predicted molar refractivity (Wildman–Crippen MR) is 183 cm³/mol. The van der Waals surface area contributed by atoms with Crippen LogP contribution < -0.4 is 35.9 Å². The van der Waals surface area contributed by atoms with Crippen LogP contribution in [0.25, 0.3) is 0 Å². The maximum absolute atomic E-state index is 13.1. The molecule has 2 aromatic rings. The second-order valence-corrected chi connectivity index (χ2v) is 13.6. The number of nitrogens with zero attached hydrogens (tertiary/aromatic N) is 1. The van der Waals surface area contributed by atoms with Crippen molar-refractivity contribution in [2.45, 2.75) is 96.4 Å². The Morgan fingerprint density at radius 1 is 0.935 bits per heavy atom. The Labute approximate surface area is 274 Å². The van der Waals surface area contributed by atoms with Crippen LogP contribution in [0, 0.1) is 17.8 Å². The summed E-state index contributed by atoms with van der Waals surface area (Å²) >= 11 is 0. The predicted octanol–water partition coefficient (Wildman–Crippen LogP) is 4.50. The van der Waals surface area contributed by atoms with Gasteiger partial charge in [0, 0.05) is 58.5 Å². The molecule has 2 aliphatic rings. The van der Waals surface area contributed by atoms with Crippen LogP contribution in [-0.2, 0) is 16.0 Å². The van der Waals surface area contributed by atoms with Crippen molar-refractivity contribution in [3.63, 3.8) is 0 Å². The molecule has 46 heavy (non-hydrogen) atoms. The van der Waals surface area contributed by atoms with Gasteiger partial charge >= 0.3 is 0 Å². The summed E-state index contributed by atoms with van der Waals surface area (Å²) in [6.07, 6.45) is 8.72. The molecule has 10 nitrogen and oxygen atoms in total. The number of methoxy groups -OCH3 is 3. The maximum atomic E-state index is 13.1. The monoisotopic (exact) mass is 643 g/mol. The number of aliphatic hydroxyl groups is 1. The zero-order valence-electron chi connectivity index (χ0n) is 28.6. The van der Waals surface area contributed by atoms with E-state index in [9.17, 15) is 14.7 Å². The summed E-state index contributed by atoms with van der Waals surface area (Å²) in [6, 6.07) is 5.35. The molecule has 0 radical (unpaired) electrons. The minimum Gasteiger partial charge on any atom is -0.497 e. The second kappa shape index (κ2) is 18.0. The summed E-state index contributed by atoms with van der Waals surface area (Å²) in [5.74, 6) is 2.48. The topological polar surface area (TPSA) is 119 Å². The maximum Gasteiger partial charge on any atom is 0.253 e. The van der Waals surface area contributed by atoms with Gasteiger partial charge in [0.25, 0.3) is 10.9 Å². The van der Waals surface area contributed by atoms with Gasteiger partial charge in [-0.2, -0.15) is 0 Å². The summed E-state index contributed by atoms with van der Waals surface area (Å²) in [7, 11) is 4.94. The molecule has 10 heteroatoms. The number of hydrogen-bond donors (Lipinski definition) is 3. The third kappa shape index (κ3) is 9.69. The van der Waals surface area contributed by atoms with Crippen LogP contribution in [0.1, 0.15) is 77.2 Å². The van der Waals surface area contributed by atoms with Gasteiger partial charge in [-0.3, -0.25) is 9.59 Å². The number of benzene rings is 1. The van der Waals surface area contributed by atoms with Gasteiger partial charge in [0.2, 0.25) is 0 Å². The molecule has 4 rings (SSSR count). The van der Waals surface area contributed by atoms with Gasteiger partial charge in [-0.1, -0.05) is 46.0 Å². The Bertz CT molecular complexity index is 1250. The van der Waals surface area contributed by atoms with Crippen LogP contribution in [0.2, 0.25) is 0 Å². The summed E-state index contributed by atoms with van der Waals surface area (Å²) in [4.78, 5) is 28.2. The molecule has 1 aliphatic carbocycles. The fourth-order valence-electron chi connectivity index (χ4n) is 7.35. The number of nitrogens with one attached hydrogen (secondary N) is 2. The van der Waals surface area contributed by atoms with E-state index in [1.54, 1.807) is 21.3 Å². The van der Waals surface area contributed by atoms with Gasteiger partial charge in [-0.15, -0.1) is 0 Å². The molecule has 258 valence electrons. The molecule has 0 amide bonds. The average Bonchev–Trinajstić information content (AvgIpc) is 3.07. The van der Waals surface area contributed by atoms with E-state index in [-0.39, 0.29) is 18.1 Å². The molecule has 2 fully saturated rings. The lowest BCUT2D eigenvalue weighted by Crippen LogP contribution is -2.51. The summed E-state index contributed by atoms with van der Waals surface area (Å²) in [5, 5.41) is 18.3. The highest BCUT2D eigenvalue weighted by molar-refractivity contribution is 5.75. The highest BCUT2D eigenvalue weighted by atomic mass is 16.5. The summed E-state index contributed by atoms with van der Waals surface area (Å²) < 4.78 is 22.3. The van der Waals surface area contributed by atoms with E-state index in [0.717, 1.165) is 50.6 Å². The molecule has 1 saturated heterocycles. The third-order valence-electron chi connectivity index (χ3n) is 9.78. The molecular formula is C36H57N3O7. The van der Waals surface area contributed by atoms with Crippen LogP contribution in [0.3, 0.4) is 0 Å². The molecule has 0 aromatic heterocycles. The zero-order chi connectivity index (χ0) is 33.1. The first-order valence-electron chi connectivity index (χ1n) is 17.3. The molecule has 1 heterocycles. The van der Waals surface area contributed by atoms with Crippen LogP contribution in [0.5, 0.6) is 11.5 Å². The van der Waals surface area contributed by atoms with Gasteiger partial charge in [-0.25, -0.2) is 0 Å². The van der Waals surface area contributed by atoms with Gasteiger partial charge in [0.15, 0.2) is 0 Å². The van der Waals surface area contributed by atoms with Crippen molar-refractivity contribution in [3.8, 4) is 11.5 Å². The van der Waals surface area contributed by atoms with E-state index in [4.69, 9.17) is 18.9 Å². The van der Waals surface area contributed by atoms with Gasteiger partial charge in [-0.05, 0) is 55.2 Å². The Morgan fingerprint density at radius 3 is 2.30 bits per heavy atom. The van der Waals surface area contributed by atoms with Crippen LogP contribution in [0.15, 0.2) is 27.8 Å². The van der Waals surface area contributed by atoms with Crippen LogP contribution >= 0.6 is 0 Å². The Balaban J connectivity index is 1.45. The third-order valence-corrected chi connectivity index (χ3v) is 9.78. The highest BCUT2D eigenvalue weighted by Gasteiger charge is 2.36. The van der Waals surface area contributed by atoms with Crippen molar-refractivity contribution < 1.29 is 24.1 Å². The zero-order valence-corrected chi connectivity index (χ0v) is 28.6. The normalized spacial score (nSPS) is 19.7. The first-order valence-corrected chi connectivity index (χ1v) is 17.3. The van der Waals surface area contributed by atoms with Gasteiger partial charge in [0.1, 0.15) is 22.9 Å². The van der Waals surface area contributed by atoms with Crippen molar-refractivity contribution in [1.29, 1.82) is 0 Å². The van der Waals surface area contributed by atoms with Crippen molar-refractivity contribution in [2.24, 2.45) is 17.8 Å². The summed E-state index contributed by atoms with van der Waals surface area (Å²) in [5.41, 5.74) is 0.915. The molecule has 0 spiro atoms. The molecule has 3 N–H and O–H groups in total. The number of hydrogen-bond acceptors (Lipinski definition) is 10. The quantitative estimate of drug-likeness (QED) is 0.149. The van der Waals surface area contributed by atoms with Crippen LogP contribution in [0.4, 0.5) is 11.4 Å². The molecule has 4 atom stereocenters. The van der Waals surface area contributed by atoms with Gasteiger partial charge in [0.05, 0.1) is 32.5 Å². The van der Waals surface area contributed by atoms with Crippen molar-refractivity contribution in [3.05, 3.63) is 44.2 Å². The van der Waals surface area contributed by atoms with Crippen molar-refractivity contribution in [1.82, 2.24) is 5.32 Å². The number of aliphatic hydroxyl groups excluding tert-OH is 1. The Hall–Kier alpha value is -2.66. The lowest BCUT2D eigenvalue weighted by Gasteiger charge is -2.40. The first kappa shape index (κ1) is 36.2. The van der Waals surface area contributed by atoms with E-state index < -0.39 is 17.0 Å². The van der Waals surface area contributed by atoms with Crippen molar-refractivity contribution in [2.75, 3.05) is 64.4 Å². The molecule has 2 aromatic carbocycles. The van der Waals surface area contributed by atoms with Crippen molar-refractivity contribution >= 4 is 11.4 Å². The minimum absolute atomic E-state index is 0.0686. The fourth-order valence-corrected chi connectivity index (χ4v) is 7.35. The largest absolute Gasteiger partial charge is 0.497 e. The van der Waals surface area contributed by atoms with E-state index in [1.807, 2.05) is 18.2 Å². The number of piperidine rings is 1. The Morgan fingerprint density at radius 2 is 1.65 bits per heavy atom. The molecule has 1 aliphatic heterocycles. The number of ether oxygens (including phenoxy) is 4. The van der Waals surface area contributed by atoms with E-state index in [0.29, 0.717) is 67.6 Å². The average molecular weight is 644 g/mol. The number of rotatable bonds is 19. The van der Waals surface area contributed by atoms with Crippen LogP contribution in [-0.4, -0.2) is 77.5 Å². The fraction of sp³-hybridized carbons (Fsp3) is 0.722. The van der Waals surface area contributed by atoms with E-state index in [1.165, 1.54) is 19.3 Å². The smallest absolute Gasteiger partial charge is 0.253 e. The lowest BCUT2D eigenvalue weighted by molar-refractivity contribution is -0.0275. The van der Waals surface area contributed by atoms with Gasteiger partial charge < -0.3 is 39.6 Å². The SMILES string of the molecule is COCCCO[C@@H](C(C)C)[C@@H]1CCCN(c2c(N[C@@H](CC3CCCCC3)[C@H](O)CNCc3cc(OC)cc(OC)c3)c(=O)c2=O)C1. The minimum atomic E-state index is -0.758. The molecule has 0 unspecified atom stereocenters. The van der Waals surface area contributed by atoms with E-state index >= 15 is 0 Å². The molecule has 1 saturated carbocycles. The first-order chi connectivity index (χ1) is 22.2. The molecular weight excluding hydrogens is 586 g/mol. The summed E-state index contributed by atoms with van der Waals surface area (Å²) in [6.45, 7) is 7.92.